The zero-order valence-corrected chi connectivity index (χ0v) is 20.2. The van der Waals surface area contributed by atoms with E-state index in [2.05, 4.69) is 5.32 Å². The number of carbonyl (C=O) groups excluding carboxylic acids is 1. The molecule has 4 aromatic rings. The predicted molar refractivity (Wildman–Crippen MR) is 138 cm³/mol. The van der Waals surface area contributed by atoms with E-state index in [1.807, 2.05) is 42.2 Å². The standard InChI is InChI=1S/C25H16Cl2N6O3/c1-13-21-22(17-11-6-14(26)12-18(17)27)31-20-5-3-2-4-19(20)28-25(34)24(31)29-23(21)32(30-13)15-7-9-16(10-8-15)33(35)36/h2-12,22H,1H3,(H,28,34)/t22-/m0/s1. The number of non-ortho nitro benzene ring substituents is 1. The molecule has 1 aromatic heterocycles. The van der Waals surface area contributed by atoms with Crippen molar-refractivity contribution in [3.8, 4) is 5.69 Å². The first kappa shape index (κ1) is 22.3. The number of halogens is 2. The van der Waals surface area contributed by atoms with E-state index in [4.69, 9.17) is 33.3 Å². The molecular weight excluding hydrogens is 503 g/mol. The van der Waals surface area contributed by atoms with Gasteiger partial charge in [-0.2, -0.15) is 5.10 Å². The van der Waals surface area contributed by atoms with Crippen LogP contribution in [0.5, 0.6) is 0 Å². The fourth-order valence-corrected chi connectivity index (χ4v) is 5.17. The maximum atomic E-state index is 13.2. The molecular formula is C25H16Cl2N6O3. The van der Waals surface area contributed by atoms with E-state index in [0.717, 1.165) is 16.8 Å². The third-order valence-corrected chi connectivity index (χ3v) is 6.79. The Morgan fingerprint density at radius 3 is 2.53 bits per heavy atom. The number of fused-ring (bicyclic) bond motifs is 4. The van der Waals surface area contributed by atoms with Crippen LogP contribution < -0.4 is 10.2 Å². The number of hydrogen-bond donors (Lipinski definition) is 1. The summed E-state index contributed by atoms with van der Waals surface area (Å²) in [5, 5.41) is 19.7. The molecule has 0 radical (unpaired) electrons. The Bertz CT molecular complexity index is 1610. The molecule has 1 N–H and O–H groups in total. The molecule has 9 nitrogen and oxygen atoms in total. The van der Waals surface area contributed by atoms with E-state index in [-0.39, 0.29) is 17.4 Å². The normalized spacial score (nSPS) is 16.0. The van der Waals surface area contributed by atoms with Crippen molar-refractivity contribution in [1.29, 1.82) is 0 Å². The number of hydrogen-bond acceptors (Lipinski definition) is 6. The minimum absolute atomic E-state index is 0.0388. The van der Waals surface area contributed by atoms with Crippen LogP contribution in [0.2, 0.25) is 10.0 Å². The Labute approximate surface area is 214 Å². The van der Waals surface area contributed by atoms with Crippen LogP contribution in [0.3, 0.4) is 0 Å². The number of amides is 1. The number of nitro benzene ring substituents is 1. The number of aromatic nitrogens is 2. The van der Waals surface area contributed by atoms with Crippen molar-refractivity contribution in [1.82, 2.24) is 9.78 Å². The lowest BCUT2D eigenvalue weighted by atomic mass is 9.93. The first-order chi connectivity index (χ1) is 17.3. The van der Waals surface area contributed by atoms with Gasteiger partial charge in [0.1, 0.15) is 0 Å². The third-order valence-electron chi connectivity index (χ3n) is 6.23. The molecule has 0 fully saturated rings. The molecule has 0 saturated carbocycles. The van der Waals surface area contributed by atoms with Gasteiger partial charge in [0.2, 0.25) is 5.84 Å². The van der Waals surface area contributed by atoms with Crippen molar-refractivity contribution < 1.29 is 9.72 Å². The number of benzene rings is 3. The number of anilines is 2. The number of nitro groups is 1. The fourth-order valence-electron chi connectivity index (χ4n) is 4.65. The van der Waals surface area contributed by atoms with E-state index < -0.39 is 11.0 Å². The van der Waals surface area contributed by atoms with Gasteiger partial charge in [-0.15, -0.1) is 0 Å². The van der Waals surface area contributed by atoms with Gasteiger partial charge >= 0.3 is 0 Å². The molecule has 0 bridgehead atoms. The van der Waals surface area contributed by atoms with Crippen LogP contribution in [0.25, 0.3) is 5.69 Å². The Morgan fingerprint density at radius 1 is 1.06 bits per heavy atom. The largest absolute Gasteiger partial charge is 0.317 e. The van der Waals surface area contributed by atoms with Crippen molar-refractivity contribution in [2.24, 2.45) is 4.99 Å². The highest BCUT2D eigenvalue weighted by Gasteiger charge is 2.43. The molecule has 1 amide bonds. The van der Waals surface area contributed by atoms with Crippen LogP contribution in [0, 0.1) is 17.0 Å². The summed E-state index contributed by atoms with van der Waals surface area (Å²) < 4.78 is 1.59. The first-order valence-electron chi connectivity index (χ1n) is 10.9. The van der Waals surface area contributed by atoms with E-state index in [1.54, 1.807) is 28.9 Å². The Kier molecular flexibility index (Phi) is 5.06. The summed E-state index contributed by atoms with van der Waals surface area (Å²) in [6, 6.07) is 18.2. The molecule has 36 heavy (non-hydrogen) atoms. The van der Waals surface area contributed by atoms with Gasteiger partial charge in [0.25, 0.3) is 11.6 Å². The molecule has 1 atom stereocenters. The average Bonchev–Trinajstić information content (AvgIpc) is 3.19. The second kappa shape index (κ2) is 8.18. The summed E-state index contributed by atoms with van der Waals surface area (Å²) in [6.45, 7) is 1.86. The number of nitrogens with zero attached hydrogens (tertiary/aromatic N) is 5. The number of nitrogens with one attached hydrogen (secondary N) is 1. The second-order valence-corrected chi connectivity index (χ2v) is 9.20. The molecule has 178 valence electrons. The Hall–Kier alpha value is -4.21. The molecule has 6 rings (SSSR count). The molecule has 11 heteroatoms. The highest BCUT2D eigenvalue weighted by molar-refractivity contribution is 6.50. The van der Waals surface area contributed by atoms with E-state index in [0.29, 0.717) is 32.9 Å². The highest BCUT2D eigenvalue weighted by Crippen LogP contribution is 2.48. The van der Waals surface area contributed by atoms with Gasteiger partial charge in [-0.1, -0.05) is 41.4 Å². The summed E-state index contributed by atoms with van der Waals surface area (Å²) in [7, 11) is 0. The number of rotatable bonds is 3. The summed E-state index contributed by atoms with van der Waals surface area (Å²) >= 11 is 12.9. The lowest BCUT2D eigenvalue weighted by Crippen LogP contribution is -2.48. The topological polar surface area (TPSA) is 106 Å². The van der Waals surface area contributed by atoms with Gasteiger partial charge in [0, 0.05) is 27.7 Å². The number of aliphatic imine (C=N–C) groups is 1. The molecule has 2 aliphatic rings. The van der Waals surface area contributed by atoms with Crippen LogP contribution >= 0.6 is 23.2 Å². The van der Waals surface area contributed by atoms with Gasteiger partial charge in [0.15, 0.2) is 5.82 Å². The maximum absolute atomic E-state index is 13.2. The number of para-hydroxylation sites is 2. The smallest absolute Gasteiger partial charge is 0.291 e. The maximum Gasteiger partial charge on any atom is 0.291 e. The van der Waals surface area contributed by atoms with Crippen LogP contribution in [-0.4, -0.2) is 26.4 Å². The van der Waals surface area contributed by atoms with E-state index in [1.165, 1.54) is 12.1 Å². The van der Waals surface area contributed by atoms with Crippen molar-refractivity contribution >= 4 is 57.8 Å². The summed E-state index contributed by atoms with van der Waals surface area (Å²) in [5.41, 5.74) is 4.10. The van der Waals surface area contributed by atoms with Crippen molar-refractivity contribution in [3.05, 3.63) is 104 Å². The molecule has 0 aliphatic carbocycles. The predicted octanol–water partition coefficient (Wildman–Crippen LogP) is 5.99. The Balaban J connectivity index is 1.63. The Morgan fingerprint density at radius 2 is 1.81 bits per heavy atom. The molecule has 0 unspecified atom stereocenters. The molecule has 0 spiro atoms. The summed E-state index contributed by atoms with van der Waals surface area (Å²) in [4.78, 5) is 30.5. The van der Waals surface area contributed by atoms with Crippen LogP contribution in [0.15, 0.2) is 71.7 Å². The van der Waals surface area contributed by atoms with Gasteiger partial charge in [-0.25, -0.2) is 9.67 Å². The number of aryl methyl sites for hydroxylation is 1. The quantitative estimate of drug-likeness (QED) is 0.265. The zero-order valence-electron chi connectivity index (χ0n) is 18.6. The van der Waals surface area contributed by atoms with Crippen LogP contribution in [-0.2, 0) is 4.79 Å². The summed E-state index contributed by atoms with van der Waals surface area (Å²) in [6.07, 6.45) is 0. The number of amidine groups is 1. The number of carbonyl (C=O) groups is 1. The third kappa shape index (κ3) is 3.35. The van der Waals surface area contributed by atoms with E-state index in [9.17, 15) is 14.9 Å². The molecule has 0 saturated heterocycles. The molecule has 2 aliphatic heterocycles. The summed E-state index contributed by atoms with van der Waals surface area (Å²) in [5.74, 6) is 0.252. The van der Waals surface area contributed by atoms with Crippen LogP contribution in [0.4, 0.5) is 22.9 Å². The van der Waals surface area contributed by atoms with Gasteiger partial charge in [0.05, 0.1) is 33.7 Å². The molecule has 3 aromatic carbocycles. The van der Waals surface area contributed by atoms with E-state index >= 15 is 0 Å². The second-order valence-electron chi connectivity index (χ2n) is 8.35. The van der Waals surface area contributed by atoms with Gasteiger partial charge in [-0.05, 0) is 48.9 Å². The van der Waals surface area contributed by atoms with Gasteiger partial charge in [-0.3, -0.25) is 14.9 Å². The lowest BCUT2D eigenvalue weighted by Gasteiger charge is -2.40. The first-order valence-corrected chi connectivity index (χ1v) is 11.7. The monoisotopic (exact) mass is 518 g/mol. The zero-order chi connectivity index (χ0) is 25.1. The van der Waals surface area contributed by atoms with Gasteiger partial charge < -0.3 is 10.2 Å². The lowest BCUT2D eigenvalue weighted by molar-refractivity contribution is -0.384. The fraction of sp³-hybridized carbons (Fsp3) is 0.0800. The SMILES string of the molecule is Cc1nn(-c2ccc([N+](=O)[O-])cc2)c2c1[C@H](c1ccc(Cl)cc1Cl)N1C(=N2)C(=O)Nc2ccccc21. The average molecular weight is 519 g/mol. The molecule has 3 heterocycles. The van der Waals surface area contributed by atoms with Crippen molar-refractivity contribution in [3.63, 3.8) is 0 Å². The van der Waals surface area contributed by atoms with Crippen LogP contribution in [0.1, 0.15) is 22.9 Å². The van der Waals surface area contributed by atoms with Crippen molar-refractivity contribution in [2.45, 2.75) is 13.0 Å². The minimum Gasteiger partial charge on any atom is -0.317 e. The van der Waals surface area contributed by atoms with Crippen molar-refractivity contribution in [2.75, 3.05) is 10.2 Å². The highest BCUT2D eigenvalue weighted by atomic mass is 35.5. The minimum atomic E-state index is -0.531.